The molecule has 2 aromatic rings. The number of ether oxygens (including phenoxy) is 2. The molecule has 0 bridgehead atoms. The number of fused-ring (bicyclic) bond motifs is 1. The fourth-order valence-electron chi connectivity index (χ4n) is 3.82. The van der Waals surface area contributed by atoms with Crippen molar-refractivity contribution in [2.24, 2.45) is 0 Å². The highest BCUT2D eigenvalue weighted by molar-refractivity contribution is 5.91. The number of rotatable bonds is 8. The third kappa shape index (κ3) is 4.93. The molecule has 0 aliphatic carbocycles. The Kier molecular flexibility index (Phi) is 7.79. The highest BCUT2D eigenvalue weighted by atomic mass is 19.4. The Morgan fingerprint density at radius 2 is 1.59 bits per heavy atom. The Balaban J connectivity index is 2.59. The Bertz CT molecular complexity index is 1040. The van der Waals surface area contributed by atoms with Gasteiger partial charge >= 0.3 is 18.3 Å². The lowest BCUT2D eigenvalue weighted by Gasteiger charge is -2.43. The first kappa shape index (κ1) is 27.7. The maximum absolute atomic E-state index is 13.4. The quantitative estimate of drug-likeness (QED) is 0.195. The van der Waals surface area contributed by atoms with Crippen LogP contribution in [0.1, 0.15) is 46.1 Å². The predicted octanol–water partition coefficient (Wildman–Crippen LogP) is 6.60. The van der Waals surface area contributed by atoms with Crippen LogP contribution in [0.5, 0.6) is 5.75 Å². The molecule has 0 saturated carbocycles. The van der Waals surface area contributed by atoms with Gasteiger partial charge in [-0.25, -0.2) is 4.79 Å². The van der Waals surface area contributed by atoms with E-state index < -0.39 is 35.6 Å². The summed E-state index contributed by atoms with van der Waals surface area (Å²) in [7, 11) is 0. The summed E-state index contributed by atoms with van der Waals surface area (Å²) in [6, 6.07) is 9.27. The third-order valence-electron chi connectivity index (χ3n) is 5.90. The second-order valence-corrected chi connectivity index (χ2v) is 8.08. The van der Waals surface area contributed by atoms with Crippen molar-refractivity contribution in [2.75, 3.05) is 0 Å². The van der Waals surface area contributed by atoms with E-state index in [0.29, 0.717) is 23.3 Å². The van der Waals surface area contributed by atoms with Gasteiger partial charge in [0, 0.05) is 5.57 Å². The van der Waals surface area contributed by atoms with Crippen LogP contribution in [0.25, 0.3) is 10.8 Å². The smallest absolute Gasteiger partial charge is 0.423 e. The van der Waals surface area contributed by atoms with Crippen LogP contribution in [0.15, 0.2) is 48.6 Å². The summed E-state index contributed by atoms with van der Waals surface area (Å²) in [4.78, 5) is 11.8. The molecule has 2 rings (SSSR count). The number of benzene rings is 2. The SMILES string of the molecule is C=C(C)C(=O)Oc1ccc2c(C(CC)(CC)OC(C)C(O)(C(F)(F)F)C(F)(F)F)cccc2c1. The second-order valence-electron chi connectivity index (χ2n) is 8.08. The summed E-state index contributed by atoms with van der Waals surface area (Å²) in [6.45, 7) is 8.66. The topological polar surface area (TPSA) is 55.8 Å². The highest BCUT2D eigenvalue weighted by Gasteiger charge is 2.74. The average molecular weight is 492 g/mol. The van der Waals surface area contributed by atoms with Crippen molar-refractivity contribution in [3.05, 3.63) is 54.1 Å². The second kappa shape index (κ2) is 9.58. The number of halogens is 6. The lowest BCUT2D eigenvalue weighted by Crippen LogP contribution is -2.65. The van der Waals surface area contributed by atoms with E-state index >= 15 is 0 Å². The van der Waals surface area contributed by atoms with Gasteiger partial charge in [0.05, 0.1) is 5.60 Å². The fraction of sp³-hybridized carbons (Fsp3) is 0.458. The van der Waals surface area contributed by atoms with E-state index in [2.05, 4.69) is 6.58 Å². The Labute approximate surface area is 193 Å². The van der Waals surface area contributed by atoms with E-state index in [-0.39, 0.29) is 24.2 Å². The Hall–Kier alpha value is -2.59. The van der Waals surface area contributed by atoms with Gasteiger partial charge in [0.2, 0.25) is 0 Å². The predicted molar refractivity (Wildman–Crippen MR) is 114 cm³/mol. The van der Waals surface area contributed by atoms with Crippen LogP contribution in [0, 0.1) is 0 Å². The molecule has 0 fully saturated rings. The molecule has 188 valence electrons. The molecule has 0 spiro atoms. The van der Waals surface area contributed by atoms with Gasteiger partial charge in [-0.2, -0.15) is 26.3 Å². The molecule has 10 heteroatoms. The first-order valence-electron chi connectivity index (χ1n) is 10.5. The van der Waals surface area contributed by atoms with Crippen molar-refractivity contribution >= 4 is 16.7 Å². The number of aliphatic hydroxyl groups is 1. The monoisotopic (exact) mass is 492 g/mol. The minimum atomic E-state index is -6.02. The fourth-order valence-corrected chi connectivity index (χ4v) is 3.82. The largest absolute Gasteiger partial charge is 0.428 e. The number of hydrogen-bond acceptors (Lipinski definition) is 4. The molecular formula is C24H26F6O4. The van der Waals surface area contributed by atoms with Crippen molar-refractivity contribution in [1.82, 2.24) is 0 Å². The summed E-state index contributed by atoms with van der Waals surface area (Å²) in [5, 5.41) is 10.8. The van der Waals surface area contributed by atoms with Crippen molar-refractivity contribution < 1.29 is 45.7 Å². The summed E-state index contributed by atoms with van der Waals surface area (Å²) >= 11 is 0. The van der Waals surface area contributed by atoms with Crippen LogP contribution in [-0.4, -0.2) is 35.1 Å². The van der Waals surface area contributed by atoms with Gasteiger partial charge in [0.15, 0.2) is 0 Å². The average Bonchev–Trinajstić information content (AvgIpc) is 2.74. The Morgan fingerprint density at radius 1 is 1.03 bits per heavy atom. The molecule has 1 N–H and O–H groups in total. The van der Waals surface area contributed by atoms with E-state index in [4.69, 9.17) is 9.47 Å². The highest BCUT2D eigenvalue weighted by Crippen LogP contribution is 2.49. The van der Waals surface area contributed by atoms with Crippen LogP contribution >= 0.6 is 0 Å². The molecule has 1 atom stereocenters. The standard InChI is InChI=1S/C24H26F6O4/c1-6-21(7-2,34-15(5)22(32,23(25,26)27)24(28,29)30)19-10-8-9-16-13-17(11-12-18(16)19)33-20(31)14(3)4/h8-13,15,32H,3,6-7H2,1-2,4-5H3. The molecule has 0 saturated heterocycles. The van der Waals surface area contributed by atoms with Crippen molar-refractivity contribution in [3.8, 4) is 5.75 Å². The van der Waals surface area contributed by atoms with E-state index in [1.165, 1.54) is 19.1 Å². The minimum absolute atomic E-state index is 0.0190. The molecule has 0 radical (unpaired) electrons. The molecule has 0 amide bonds. The zero-order valence-corrected chi connectivity index (χ0v) is 19.1. The van der Waals surface area contributed by atoms with Gasteiger partial charge in [-0.05, 0) is 55.2 Å². The van der Waals surface area contributed by atoms with E-state index in [0.717, 1.165) is 0 Å². The normalized spacial score (nSPS) is 14.2. The lowest BCUT2D eigenvalue weighted by molar-refractivity contribution is -0.400. The number of carbonyl (C=O) groups excluding carboxylic acids is 1. The van der Waals surface area contributed by atoms with E-state index in [9.17, 15) is 36.2 Å². The minimum Gasteiger partial charge on any atom is -0.423 e. The molecule has 34 heavy (non-hydrogen) atoms. The number of carbonyl (C=O) groups is 1. The van der Waals surface area contributed by atoms with Crippen LogP contribution in [-0.2, 0) is 15.1 Å². The maximum Gasteiger partial charge on any atom is 0.428 e. The summed E-state index contributed by atoms with van der Waals surface area (Å²) in [6.07, 6.45) is -14.7. The van der Waals surface area contributed by atoms with Crippen molar-refractivity contribution in [1.29, 1.82) is 0 Å². The van der Waals surface area contributed by atoms with Crippen LogP contribution in [0.3, 0.4) is 0 Å². The van der Waals surface area contributed by atoms with Gasteiger partial charge < -0.3 is 14.6 Å². The van der Waals surface area contributed by atoms with Gasteiger partial charge in [-0.15, -0.1) is 0 Å². The summed E-state index contributed by atoms with van der Waals surface area (Å²) < 4.78 is 91.1. The van der Waals surface area contributed by atoms with Gasteiger partial charge in [-0.1, -0.05) is 44.7 Å². The molecule has 0 heterocycles. The Morgan fingerprint density at radius 3 is 2.06 bits per heavy atom. The zero-order valence-electron chi connectivity index (χ0n) is 19.1. The molecule has 0 aliphatic rings. The number of hydrogen-bond donors (Lipinski definition) is 1. The van der Waals surface area contributed by atoms with Crippen LogP contribution in [0.2, 0.25) is 0 Å². The van der Waals surface area contributed by atoms with Crippen LogP contribution < -0.4 is 4.74 Å². The molecule has 0 aromatic heterocycles. The first-order valence-corrected chi connectivity index (χ1v) is 10.5. The number of alkyl halides is 6. The van der Waals surface area contributed by atoms with Gasteiger partial charge in [0.25, 0.3) is 5.60 Å². The number of esters is 1. The molecular weight excluding hydrogens is 466 g/mol. The summed E-state index contributed by atoms with van der Waals surface area (Å²) in [5.41, 5.74) is -6.14. The van der Waals surface area contributed by atoms with Crippen molar-refractivity contribution in [2.45, 2.75) is 70.2 Å². The third-order valence-corrected chi connectivity index (χ3v) is 5.90. The van der Waals surface area contributed by atoms with E-state index in [1.54, 1.807) is 38.1 Å². The lowest BCUT2D eigenvalue weighted by atomic mass is 9.83. The van der Waals surface area contributed by atoms with Crippen molar-refractivity contribution in [3.63, 3.8) is 0 Å². The maximum atomic E-state index is 13.4. The van der Waals surface area contributed by atoms with Crippen LogP contribution in [0.4, 0.5) is 26.3 Å². The molecule has 0 aliphatic heterocycles. The van der Waals surface area contributed by atoms with Gasteiger partial charge in [-0.3, -0.25) is 0 Å². The zero-order chi connectivity index (χ0) is 26.1. The first-order chi connectivity index (χ1) is 15.5. The summed E-state index contributed by atoms with van der Waals surface area (Å²) in [5.74, 6) is -0.461. The van der Waals surface area contributed by atoms with Gasteiger partial charge in [0.1, 0.15) is 11.9 Å². The van der Waals surface area contributed by atoms with E-state index in [1.807, 2.05) is 0 Å². The molecule has 2 aromatic carbocycles. The molecule has 1 unspecified atom stereocenters. The molecule has 4 nitrogen and oxygen atoms in total.